The number of nitrogen functional groups attached to an aromatic ring is 1. The number of nitrogens with two attached hydrogens (primary N) is 1. The zero-order valence-electron chi connectivity index (χ0n) is 9.45. The minimum absolute atomic E-state index is 0.171. The summed E-state index contributed by atoms with van der Waals surface area (Å²) in [7, 11) is 0. The van der Waals surface area contributed by atoms with E-state index in [1.807, 2.05) is 0 Å². The summed E-state index contributed by atoms with van der Waals surface area (Å²) in [4.78, 5) is 17.4. The molecule has 3 rings (SSSR count). The quantitative estimate of drug-likeness (QED) is 0.566. The van der Waals surface area contributed by atoms with Crippen LogP contribution in [0.2, 0.25) is 0 Å². The van der Waals surface area contributed by atoms with Crippen LogP contribution in [0, 0.1) is 10.7 Å². The van der Waals surface area contributed by atoms with Crippen molar-refractivity contribution in [1.29, 1.82) is 0 Å². The van der Waals surface area contributed by atoms with E-state index in [9.17, 15) is 4.79 Å². The topological polar surface area (TPSA) is 63.8 Å². The molecule has 3 N–H and O–H groups in total. The van der Waals surface area contributed by atoms with E-state index in [1.54, 1.807) is 11.3 Å². The van der Waals surface area contributed by atoms with E-state index < -0.39 is 0 Å². The van der Waals surface area contributed by atoms with Crippen LogP contribution in [0.15, 0.2) is 4.79 Å². The second-order valence-electron chi connectivity index (χ2n) is 4.66. The number of aromatic nitrogens is 2. The Balaban J connectivity index is 2.41. The predicted molar refractivity (Wildman–Crippen MR) is 72.6 cm³/mol. The Bertz CT molecular complexity index is 710. The van der Waals surface area contributed by atoms with Gasteiger partial charge in [0.1, 0.15) is 4.83 Å². The Morgan fingerprint density at radius 2 is 2.35 bits per heavy atom. The van der Waals surface area contributed by atoms with E-state index >= 15 is 0 Å². The van der Waals surface area contributed by atoms with Crippen molar-refractivity contribution in [3.63, 3.8) is 0 Å². The van der Waals surface area contributed by atoms with Gasteiger partial charge in [-0.1, -0.05) is 6.92 Å². The predicted octanol–water partition coefficient (Wildman–Crippen LogP) is 1.96. The van der Waals surface area contributed by atoms with Gasteiger partial charge in [0, 0.05) is 4.88 Å². The lowest BCUT2D eigenvalue weighted by Gasteiger charge is -2.17. The summed E-state index contributed by atoms with van der Waals surface area (Å²) in [6, 6.07) is 0. The summed E-state index contributed by atoms with van der Waals surface area (Å²) in [6.07, 6.45) is 3.16. The number of nitrogens with one attached hydrogen (secondary N) is 1. The van der Waals surface area contributed by atoms with Crippen LogP contribution in [0.25, 0.3) is 10.2 Å². The van der Waals surface area contributed by atoms with E-state index in [1.165, 1.54) is 10.4 Å². The van der Waals surface area contributed by atoms with E-state index in [0.717, 1.165) is 34.2 Å². The van der Waals surface area contributed by atoms with Crippen LogP contribution in [-0.4, -0.2) is 9.66 Å². The summed E-state index contributed by atoms with van der Waals surface area (Å²) < 4.78 is 1.32. The van der Waals surface area contributed by atoms with E-state index in [-0.39, 0.29) is 10.3 Å². The molecule has 0 bridgehead atoms. The molecule has 0 unspecified atom stereocenters. The van der Waals surface area contributed by atoms with Crippen molar-refractivity contribution in [1.82, 2.24) is 9.66 Å². The molecule has 0 saturated carbocycles. The number of hydrogen-bond donors (Lipinski definition) is 2. The summed E-state index contributed by atoms with van der Waals surface area (Å²) in [5.74, 6) is 6.33. The summed E-state index contributed by atoms with van der Waals surface area (Å²) in [6.45, 7) is 2.25. The molecule has 1 atom stereocenters. The van der Waals surface area contributed by atoms with Crippen molar-refractivity contribution in [2.45, 2.75) is 26.2 Å². The van der Waals surface area contributed by atoms with Gasteiger partial charge in [-0.2, -0.15) is 4.68 Å². The van der Waals surface area contributed by atoms with Crippen LogP contribution in [0.3, 0.4) is 0 Å². The van der Waals surface area contributed by atoms with Crippen molar-refractivity contribution >= 4 is 33.8 Å². The Morgan fingerprint density at radius 1 is 1.59 bits per heavy atom. The second kappa shape index (κ2) is 3.68. The molecule has 2 aromatic rings. The minimum atomic E-state index is -0.171. The fraction of sp³-hybridized carbons (Fsp3) is 0.455. The molecule has 0 radical (unpaired) electrons. The van der Waals surface area contributed by atoms with Crippen molar-refractivity contribution < 1.29 is 0 Å². The molecule has 0 fully saturated rings. The average Bonchev–Trinajstić information content (AvgIpc) is 2.63. The van der Waals surface area contributed by atoms with Gasteiger partial charge in [0.25, 0.3) is 5.56 Å². The number of hydrogen-bond acceptors (Lipinski definition) is 4. The zero-order chi connectivity index (χ0) is 12.2. The van der Waals surface area contributed by atoms with Gasteiger partial charge in [-0.25, -0.2) is 0 Å². The fourth-order valence-electron chi connectivity index (χ4n) is 2.44. The minimum Gasteiger partial charge on any atom is -0.334 e. The van der Waals surface area contributed by atoms with E-state index in [2.05, 4.69) is 11.9 Å². The third-order valence-electron chi connectivity index (χ3n) is 3.38. The maximum Gasteiger partial charge on any atom is 0.281 e. The van der Waals surface area contributed by atoms with Crippen LogP contribution >= 0.6 is 23.6 Å². The highest BCUT2D eigenvalue weighted by molar-refractivity contribution is 7.71. The number of thiophene rings is 1. The number of aryl methyl sites for hydroxylation is 1. The number of H-pyrrole nitrogens is 1. The Morgan fingerprint density at radius 3 is 3.12 bits per heavy atom. The zero-order valence-corrected chi connectivity index (χ0v) is 11.1. The Labute approximate surface area is 107 Å². The highest BCUT2D eigenvalue weighted by atomic mass is 32.1. The molecule has 1 aliphatic carbocycles. The van der Waals surface area contributed by atoms with Crippen LogP contribution in [-0.2, 0) is 12.8 Å². The molecule has 6 heteroatoms. The van der Waals surface area contributed by atoms with Gasteiger partial charge >= 0.3 is 0 Å². The average molecular weight is 267 g/mol. The summed E-state index contributed by atoms with van der Waals surface area (Å²) in [5.41, 5.74) is 1.01. The molecule has 1 aliphatic rings. The molecular formula is C11H13N3OS2. The Hall–Kier alpha value is -1.14. The standard InChI is InChI=1S/C11H13N3OS2/c1-5-2-3-6-7(4-5)17-9-8(6)10(15)14(12)11(16)13-9/h5H,2-4,12H2,1H3,(H,13,16)/t5-/m0/s1. The third-order valence-corrected chi connectivity index (χ3v) is 4.85. The van der Waals surface area contributed by atoms with Crippen molar-refractivity contribution in [2.75, 3.05) is 5.84 Å². The largest absolute Gasteiger partial charge is 0.334 e. The van der Waals surface area contributed by atoms with Crippen LogP contribution in [0.1, 0.15) is 23.8 Å². The number of aromatic amines is 1. The van der Waals surface area contributed by atoms with Gasteiger partial charge in [-0.05, 0) is 43.0 Å². The van der Waals surface area contributed by atoms with Crippen molar-refractivity contribution in [2.24, 2.45) is 5.92 Å². The van der Waals surface area contributed by atoms with Gasteiger partial charge in [0.05, 0.1) is 5.39 Å². The van der Waals surface area contributed by atoms with Gasteiger partial charge in [0.2, 0.25) is 0 Å². The molecule has 90 valence electrons. The van der Waals surface area contributed by atoms with E-state index in [0.29, 0.717) is 5.92 Å². The molecule has 2 heterocycles. The Kier molecular flexibility index (Phi) is 2.38. The molecule has 4 nitrogen and oxygen atoms in total. The SMILES string of the molecule is C[C@H]1CCc2c(sc3[nH]c(=S)n(N)c(=O)c23)C1. The first kappa shape index (κ1) is 11.0. The smallest absolute Gasteiger partial charge is 0.281 e. The third kappa shape index (κ3) is 1.55. The molecular weight excluding hydrogens is 254 g/mol. The molecule has 0 spiro atoms. The normalized spacial score (nSPS) is 19.5. The molecule has 17 heavy (non-hydrogen) atoms. The van der Waals surface area contributed by atoms with Crippen LogP contribution in [0.5, 0.6) is 0 Å². The fourth-order valence-corrected chi connectivity index (χ4v) is 4.09. The van der Waals surface area contributed by atoms with Crippen LogP contribution in [0.4, 0.5) is 0 Å². The second-order valence-corrected chi connectivity index (χ2v) is 6.15. The van der Waals surface area contributed by atoms with Gasteiger partial charge < -0.3 is 10.8 Å². The maximum absolute atomic E-state index is 12.1. The molecule has 2 aromatic heterocycles. The van der Waals surface area contributed by atoms with Crippen molar-refractivity contribution in [3.05, 3.63) is 25.6 Å². The highest BCUT2D eigenvalue weighted by Gasteiger charge is 2.22. The lowest BCUT2D eigenvalue weighted by atomic mass is 9.89. The van der Waals surface area contributed by atoms with Gasteiger partial charge in [-0.15, -0.1) is 11.3 Å². The van der Waals surface area contributed by atoms with Crippen LogP contribution < -0.4 is 11.4 Å². The number of nitrogens with zero attached hydrogens (tertiary/aromatic N) is 1. The van der Waals surface area contributed by atoms with Gasteiger partial charge in [0.15, 0.2) is 4.77 Å². The lowest BCUT2D eigenvalue weighted by molar-refractivity contribution is 0.509. The highest BCUT2D eigenvalue weighted by Crippen LogP contribution is 2.35. The summed E-state index contributed by atoms with van der Waals surface area (Å²) >= 11 is 6.67. The monoisotopic (exact) mass is 267 g/mol. The maximum atomic E-state index is 12.1. The molecule has 0 aliphatic heterocycles. The first-order valence-corrected chi connectivity index (χ1v) is 6.85. The lowest BCUT2D eigenvalue weighted by Crippen LogP contribution is -2.29. The van der Waals surface area contributed by atoms with E-state index in [4.69, 9.17) is 18.1 Å². The molecule has 0 saturated heterocycles. The van der Waals surface area contributed by atoms with Gasteiger partial charge in [-0.3, -0.25) is 4.79 Å². The first-order valence-electron chi connectivity index (χ1n) is 5.62. The van der Waals surface area contributed by atoms with Crippen molar-refractivity contribution in [3.8, 4) is 0 Å². The molecule has 0 aromatic carbocycles. The number of fused-ring (bicyclic) bond motifs is 3. The first-order chi connectivity index (χ1) is 8.08. The summed E-state index contributed by atoms with van der Waals surface area (Å²) in [5, 5.41) is 0.744. The number of rotatable bonds is 0. The molecule has 0 amide bonds.